The number of hydrogen-bond donors (Lipinski definition) is 0. The van der Waals surface area contributed by atoms with Gasteiger partial charge in [-0.1, -0.05) is 28.4 Å². The van der Waals surface area contributed by atoms with Crippen molar-refractivity contribution in [1.29, 1.82) is 0 Å². The number of halogens is 1. The molecule has 1 nitrogen and oxygen atoms in total. The molecular weight excluding hydrogens is 270 g/mol. The molecular formula is C12H16BrNS. The fraction of sp³-hybridized carbons (Fsp3) is 0.583. The van der Waals surface area contributed by atoms with Crippen LogP contribution in [0.3, 0.4) is 0 Å². The van der Waals surface area contributed by atoms with Gasteiger partial charge < -0.3 is 0 Å². The fourth-order valence-corrected chi connectivity index (χ4v) is 3.81. The molecule has 1 aromatic rings. The monoisotopic (exact) mass is 285 g/mol. The van der Waals surface area contributed by atoms with Crippen LogP contribution in [0.2, 0.25) is 0 Å². The van der Waals surface area contributed by atoms with Gasteiger partial charge in [0.15, 0.2) is 0 Å². The van der Waals surface area contributed by atoms with Gasteiger partial charge in [0.2, 0.25) is 0 Å². The van der Waals surface area contributed by atoms with Crippen molar-refractivity contribution in [3.05, 3.63) is 21.2 Å². The lowest BCUT2D eigenvalue weighted by atomic mass is 9.88. The van der Waals surface area contributed by atoms with E-state index in [1.54, 1.807) is 5.57 Å². The molecule has 1 aliphatic carbocycles. The van der Waals surface area contributed by atoms with E-state index in [1.807, 2.05) is 11.3 Å². The van der Waals surface area contributed by atoms with Gasteiger partial charge in [0.25, 0.3) is 0 Å². The van der Waals surface area contributed by atoms with E-state index in [-0.39, 0.29) is 0 Å². The van der Waals surface area contributed by atoms with Gasteiger partial charge in [-0.2, -0.15) is 0 Å². The average molecular weight is 286 g/mol. The number of nitrogens with zero attached hydrogens (tertiary/aromatic N) is 1. The maximum absolute atomic E-state index is 4.60. The second kappa shape index (κ2) is 4.79. The van der Waals surface area contributed by atoms with E-state index in [0.29, 0.717) is 0 Å². The molecule has 3 heteroatoms. The molecule has 0 saturated heterocycles. The van der Waals surface area contributed by atoms with Crippen LogP contribution in [0.15, 0.2) is 5.57 Å². The quantitative estimate of drug-likeness (QED) is 0.753. The van der Waals surface area contributed by atoms with Gasteiger partial charge in [-0.25, -0.2) is 4.98 Å². The summed E-state index contributed by atoms with van der Waals surface area (Å²) in [6.45, 7) is 4.30. The molecule has 0 radical (unpaired) electrons. The summed E-state index contributed by atoms with van der Waals surface area (Å²) in [7, 11) is 0. The largest absolute Gasteiger partial charge is 0.246 e. The van der Waals surface area contributed by atoms with E-state index in [2.05, 4.69) is 34.8 Å². The molecule has 1 heterocycles. The Bertz CT molecular complexity index is 386. The zero-order valence-electron chi connectivity index (χ0n) is 9.27. The van der Waals surface area contributed by atoms with Crippen molar-refractivity contribution < 1.29 is 0 Å². The van der Waals surface area contributed by atoms with Crippen molar-refractivity contribution in [2.24, 2.45) is 0 Å². The Morgan fingerprint density at radius 1 is 1.47 bits per heavy atom. The molecule has 0 aliphatic heterocycles. The van der Waals surface area contributed by atoms with Crippen LogP contribution in [0, 0.1) is 6.92 Å². The number of rotatable bonds is 3. The fourth-order valence-electron chi connectivity index (χ4n) is 1.85. The number of thiazole rings is 1. The highest BCUT2D eigenvalue weighted by molar-refractivity contribution is 9.09. The molecule has 1 aliphatic rings. The third-order valence-electron chi connectivity index (χ3n) is 2.93. The Morgan fingerprint density at radius 3 is 2.60 bits per heavy atom. The Morgan fingerprint density at radius 2 is 2.20 bits per heavy atom. The number of alkyl halides is 1. The Hall–Kier alpha value is -0.150. The Kier molecular flexibility index (Phi) is 3.62. The van der Waals surface area contributed by atoms with Crippen molar-refractivity contribution in [3.63, 3.8) is 0 Å². The summed E-state index contributed by atoms with van der Waals surface area (Å²) in [5.74, 6) is 0. The van der Waals surface area contributed by atoms with Crippen molar-refractivity contribution in [2.45, 2.75) is 39.5 Å². The third-order valence-corrected chi connectivity index (χ3v) is 4.86. The van der Waals surface area contributed by atoms with Crippen LogP contribution < -0.4 is 0 Å². The van der Waals surface area contributed by atoms with Gasteiger partial charge in [-0.15, -0.1) is 11.3 Å². The standard InChI is InChI=1S/C12H16BrNS/c1-3-11-14-8(2)12(15-11)10(7-13)9-5-4-6-9/h3-7H2,1-2H3. The van der Waals surface area contributed by atoms with Gasteiger partial charge in [0, 0.05) is 5.33 Å². The van der Waals surface area contributed by atoms with Crippen LogP contribution in [-0.2, 0) is 6.42 Å². The van der Waals surface area contributed by atoms with Crippen LogP contribution in [-0.4, -0.2) is 10.3 Å². The first kappa shape index (κ1) is 11.3. The Balaban J connectivity index is 2.38. The van der Waals surface area contributed by atoms with E-state index >= 15 is 0 Å². The first-order chi connectivity index (χ1) is 7.26. The maximum Gasteiger partial charge on any atom is 0.0931 e. The minimum Gasteiger partial charge on any atom is -0.246 e. The molecule has 0 N–H and O–H groups in total. The predicted molar refractivity (Wildman–Crippen MR) is 70.8 cm³/mol. The van der Waals surface area contributed by atoms with E-state index in [4.69, 9.17) is 0 Å². The van der Waals surface area contributed by atoms with E-state index < -0.39 is 0 Å². The lowest BCUT2D eigenvalue weighted by Crippen LogP contribution is -2.02. The van der Waals surface area contributed by atoms with Gasteiger partial charge >= 0.3 is 0 Å². The highest BCUT2D eigenvalue weighted by Gasteiger charge is 2.18. The lowest BCUT2D eigenvalue weighted by Gasteiger charge is -2.20. The number of aryl methyl sites for hydroxylation is 2. The SMILES string of the molecule is CCc1nc(C)c(C(CBr)=C2CCC2)s1. The van der Waals surface area contributed by atoms with Crippen LogP contribution in [0.25, 0.3) is 5.57 Å². The molecule has 82 valence electrons. The highest BCUT2D eigenvalue weighted by Crippen LogP contribution is 2.37. The third kappa shape index (κ3) is 2.18. The number of allylic oxidation sites excluding steroid dienone is 2. The molecule has 0 aromatic carbocycles. The van der Waals surface area contributed by atoms with Crippen LogP contribution in [0.5, 0.6) is 0 Å². The van der Waals surface area contributed by atoms with Crippen LogP contribution in [0.1, 0.15) is 41.8 Å². The molecule has 0 bridgehead atoms. The van der Waals surface area contributed by atoms with Crippen LogP contribution >= 0.6 is 27.3 Å². The molecule has 0 amide bonds. The van der Waals surface area contributed by atoms with Crippen molar-refractivity contribution in [1.82, 2.24) is 4.98 Å². The van der Waals surface area contributed by atoms with Crippen LogP contribution in [0.4, 0.5) is 0 Å². The molecule has 0 atom stereocenters. The molecule has 0 spiro atoms. The van der Waals surface area contributed by atoms with Gasteiger partial charge in [-0.05, 0) is 38.2 Å². The van der Waals surface area contributed by atoms with Gasteiger partial charge in [-0.3, -0.25) is 0 Å². The number of aromatic nitrogens is 1. The first-order valence-corrected chi connectivity index (χ1v) is 7.43. The summed E-state index contributed by atoms with van der Waals surface area (Å²) in [5.41, 5.74) is 4.36. The molecule has 1 aromatic heterocycles. The molecule has 1 fully saturated rings. The lowest BCUT2D eigenvalue weighted by molar-refractivity contribution is 0.665. The summed E-state index contributed by atoms with van der Waals surface area (Å²) in [4.78, 5) is 6.02. The maximum atomic E-state index is 4.60. The van der Waals surface area contributed by atoms with Crippen molar-refractivity contribution in [3.8, 4) is 0 Å². The molecule has 15 heavy (non-hydrogen) atoms. The zero-order valence-corrected chi connectivity index (χ0v) is 11.7. The highest BCUT2D eigenvalue weighted by atomic mass is 79.9. The first-order valence-electron chi connectivity index (χ1n) is 5.49. The Labute approximate surface area is 104 Å². The molecule has 2 rings (SSSR count). The topological polar surface area (TPSA) is 12.9 Å². The average Bonchev–Trinajstić information content (AvgIpc) is 2.53. The van der Waals surface area contributed by atoms with Gasteiger partial charge in [0.05, 0.1) is 15.6 Å². The smallest absolute Gasteiger partial charge is 0.0931 e. The minimum atomic E-state index is 0.981. The summed E-state index contributed by atoms with van der Waals surface area (Å²) >= 11 is 5.49. The number of hydrogen-bond acceptors (Lipinski definition) is 2. The summed E-state index contributed by atoms with van der Waals surface area (Å²) in [5, 5.41) is 2.25. The van der Waals surface area contributed by atoms with E-state index in [1.165, 1.54) is 40.4 Å². The second-order valence-corrected chi connectivity index (χ2v) is 5.59. The second-order valence-electron chi connectivity index (χ2n) is 3.94. The van der Waals surface area contributed by atoms with E-state index in [0.717, 1.165) is 11.8 Å². The zero-order chi connectivity index (χ0) is 10.8. The van der Waals surface area contributed by atoms with Gasteiger partial charge in [0.1, 0.15) is 0 Å². The van der Waals surface area contributed by atoms with E-state index in [9.17, 15) is 0 Å². The summed E-state index contributed by atoms with van der Waals surface area (Å²) < 4.78 is 0. The molecule has 1 saturated carbocycles. The van der Waals surface area contributed by atoms with Crippen molar-refractivity contribution >= 4 is 32.8 Å². The summed E-state index contributed by atoms with van der Waals surface area (Å²) in [6, 6.07) is 0. The normalized spacial score (nSPS) is 15.3. The predicted octanol–water partition coefficient (Wildman–Crippen LogP) is 4.35. The van der Waals surface area contributed by atoms with Crippen molar-refractivity contribution in [2.75, 3.05) is 5.33 Å². The summed E-state index contributed by atoms with van der Waals surface area (Å²) in [6.07, 6.45) is 5.00. The molecule has 0 unspecified atom stereocenters. The minimum absolute atomic E-state index is 0.981.